The summed E-state index contributed by atoms with van der Waals surface area (Å²) >= 11 is 0. The molecule has 11 heteroatoms. The van der Waals surface area contributed by atoms with E-state index >= 15 is 0 Å². The minimum absolute atomic E-state index is 0.0447. The summed E-state index contributed by atoms with van der Waals surface area (Å²) in [7, 11) is -3.80. The second-order valence-corrected chi connectivity index (χ2v) is 6.44. The Balaban J connectivity index is 2.42. The molecule has 23 heavy (non-hydrogen) atoms. The maximum Gasteiger partial charge on any atom is 0.416 e. The molecule has 2 rings (SSSR count). The highest BCUT2D eigenvalue weighted by atomic mass is 32.2. The number of benzene rings is 1. The Hall–Kier alpha value is -2.43. The first-order valence-electron chi connectivity index (χ1n) is 6.11. The molecule has 0 saturated carbocycles. The number of aromatic nitrogens is 3. The summed E-state index contributed by atoms with van der Waals surface area (Å²) in [4.78, 5) is 11.8. The van der Waals surface area contributed by atoms with Gasteiger partial charge in [0.1, 0.15) is 0 Å². The normalized spacial score (nSPS) is 12.2. The van der Waals surface area contributed by atoms with E-state index in [1.165, 1.54) is 19.1 Å². The number of rotatable bonds is 3. The summed E-state index contributed by atoms with van der Waals surface area (Å²) in [5.74, 6) is -1.01. The number of halogens is 3. The minimum atomic E-state index is -4.53. The number of carbonyl (C=O) groups excluding carboxylic acids is 1. The molecule has 0 aliphatic carbocycles. The first kappa shape index (κ1) is 16.9. The molecule has 0 radical (unpaired) electrons. The molecule has 0 aliphatic heterocycles. The second kappa shape index (κ2) is 5.65. The molecule has 0 unspecified atom stereocenters. The zero-order chi connectivity index (χ0) is 17.4. The lowest BCUT2D eigenvalue weighted by atomic mass is 10.2. The zero-order valence-electron chi connectivity index (χ0n) is 11.9. The Morgan fingerprint density at radius 2 is 1.96 bits per heavy atom. The van der Waals surface area contributed by atoms with Crippen molar-refractivity contribution in [3.05, 3.63) is 41.2 Å². The van der Waals surface area contributed by atoms with Crippen molar-refractivity contribution in [3.8, 4) is 5.69 Å². The lowest BCUT2D eigenvalue weighted by Crippen LogP contribution is -2.30. The molecule has 0 fully saturated rings. The topological polar surface area (TPSA) is 93.9 Å². The number of sulfonamides is 1. The number of carbonyl (C=O) groups is 1. The smallest absolute Gasteiger partial charge is 0.266 e. The SMILES string of the molecule is Cc1c(C(=O)NS(C)(=O)=O)nnn1-c1cccc(C(F)(F)F)c1. The summed E-state index contributed by atoms with van der Waals surface area (Å²) in [5, 5.41) is 7.13. The maximum atomic E-state index is 12.7. The third-order valence-electron chi connectivity index (χ3n) is 2.81. The van der Waals surface area contributed by atoms with E-state index in [-0.39, 0.29) is 17.1 Å². The average Bonchev–Trinajstić information content (AvgIpc) is 2.78. The summed E-state index contributed by atoms with van der Waals surface area (Å²) in [6, 6.07) is 4.29. The molecule has 1 heterocycles. The van der Waals surface area contributed by atoms with E-state index in [9.17, 15) is 26.4 Å². The van der Waals surface area contributed by atoms with Crippen LogP contribution in [0.2, 0.25) is 0 Å². The van der Waals surface area contributed by atoms with Gasteiger partial charge < -0.3 is 0 Å². The first-order chi connectivity index (χ1) is 10.5. The van der Waals surface area contributed by atoms with Crippen LogP contribution in [0.15, 0.2) is 24.3 Å². The summed E-state index contributed by atoms with van der Waals surface area (Å²) in [6.45, 7) is 1.39. The van der Waals surface area contributed by atoms with Crippen LogP contribution in [0.4, 0.5) is 13.2 Å². The Morgan fingerprint density at radius 1 is 1.30 bits per heavy atom. The van der Waals surface area contributed by atoms with Crippen molar-refractivity contribution >= 4 is 15.9 Å². The lowest BCUT2D eigenvalue weighted by molar-refractivity contribution is -0.137. The van der Waals surface area contributed by atoms with Gasteiger partial charge in [-0.25, -0.2) is 17.8 Å². The van der Waals surface area contributed by atoms with Crippen LogP contribution in [-0.4, -0.2) is 35.6 Å². The van der Waals surface area contributed by atoms with Crippen LogP contribution < -0.4 is 4.72 Å². The quantitative estimate of drug-likeness (QED) is 0.902. The van der Waals surface area contributed by atoms with E-state index in [2.05, 4.69) is 10.3 Å². The van der Waals surface area contributed by atoms with Crippen LogP contribution >= 0.6 is 0 Å². The van der Waals surface area contributed by atoms with Gasteiger partial charge in [-0.15, -0.1) is 5.10 Å². The van der Waals surface area contributed by atoms with Gasteiger partial charge in [0, 0.05) is 0 Å². The van der Waals surface area contributed by atoms with Crippen molar-refractivity contribution in [1.29, 1.82) is 0 Å². The number of hydrogen-bond acceptors (Lipinski definition) is 5. The van der Waals surface area contributed by atoms with Crippen molar-refractivity contribution in [2.24, 2.45) is 0 Å². The minimum Gasteiger partial charge on any atom is -0.266 e. The van der Waals surface area contributed by atoms with Crippen molar-refractivity contribution in [1.82, 2.24) is 19.7 Å². The van der Waals surface area contributed by atoms with Crippen LogP contribution in [0.1, 0.15) is 21.7 Å². The fourth-order valence-corrected chi connectivity index (χ4v) is 2.25. The van der Waals surface area contributed by atoms with Crippen LogP contribution in [0, 0.1) is 6.92 Å². The highest BCUT2D eigenvalue weighted by Crippen LogP contribution is 2.30. The zero-order valence-corrected chi connectivity index (χ0v) is 12.7. The monoisotopic (exact) mass is 348 g/mol. The molecule has 0 bridgehead atoms. The van der Waals surface area contributed by atoms with E-state index in [0.717, 1.165) is 23.1 Å². The molecule has 0 saturated heterocycles. The van der Waals surface area contributed by atoms with Crippen LogP contribution in [0.25, 0.3) is 5.69 Å². The molecule has 2 aromatic rings. The predicted octanol–water partition coefficient (Wildman–Crippen LogP) is 1.28. The molecular weight excluding hydrogens is 337 g/mol. The third kappa shape index (κ3) is 3.86. The number of nitrogens with one attached hydrogen (secondary N) is 1. The second-order valence-electron chi connectivity index (χ2n) is 4.69. The maximum absolute atomic E-state index is 12.7. The van der Waals surface area contributed by atoms with E-state index in [0.29, 0.717) is 0 Å². The van der Waals surface area contributed by atoms with Crippen molar-refractivity contribution in [3.63, 3.8) is 0 Å². The van der Waals surface area contributed by atoms with Gasteiger partial charge in [-0.05, 0) is 25.1 Å². The van der Waals surface area contributed by atoms with Gasteiger partial charge in [0.2, 0.25) is 10.0 Å². The lowest BCUT2D eigenvalue weighted by Gasteiger charge is -2.09. The molecule has 1 amide bonds. The average molecular weight is 348 g/mol. The first-order valence-corrected chi connectivity index (χ1v) is 8.00. The molecule has 0 spiro atoms. The number of nitrogens with zero attached hydrogens (tertiary/aromatic N) is 3. The largest absolute Gasteiger partial charge is 0.416 e. The molecule has 1 aromatic heterocycles. The van der Waals surface area contributed by atoms with Gasteiger partial charge in [-0.1, -0.05) is 11.3 Å². The Bertz CT molecular complexity index is 859. The fourth-order valence-electron chi connectivity index (χ4n) is 1.81. The van der Waals surface area contributed by atoms with Gasteiger partial charge in [0.05, 0.1) is 23.2 Å². The van der Waals surface area contributed by atoms with Crippen molar-refractivity contribution in [2.45, 2.75) is 13.1 Å². The Labute approximate surface area is 129 Å². The Kier molecular flexibility index (Phi) is 4.16. The molecule has 1 N–H and O–H groups in total. The molecule has 1 aromatic carbocycles. The van der Waals surface area contributed by atoms with Crippen LogP contribution in [0.3, 0.4) is 0 Å². The number of amides is 1. The highest BCUT2D eigenvalue weighted by Gasteiger charge is 2.31. The summed E-state index contributed by atoms with van der Waals surface area (Å²) < 4.78 is 63.0. The third-order valence-corrected chi connectivity index (χ3v) is 3.36. The molecular formula is C12H11F3N4O3S. The fraction of sp³-hybridized carbons (Fsp3) is 0.250. The van der Waals surface area contributed by atoms with Crippen molar-refractivity contribution < 1.29 is 26.4 Å². The standard InChI is InChI=1S/C12H11F3N4O3S/c1-7-10(11(20)17-23(2,21)22)16-18-19(7)9-5-3-4-8(6-9)12(13,14)15/h3-6H,1-2H3,(H,17,20). The summed E-state index contributed by atoms with van der Waals surface area (Å²) in [5.41, 5.74) is -1.03. The van der Waals surface area contributed by atoms with Gasteiger partial charge >= 0.3 is 6.18 Å². The van der Waals surface area contributed by atoms with Gasteiger partial charge in [-0.3, -0.25) is 4.79 Å². The van der Waals surface area contributed by atoms with Gasteiger partial charge in [-0.2, -0.15) is 13.2 Å². The van der Waals surface area contributed by atoms with E-state index in [1.807, 2.05) is 0 Å². The van der Waals surface area contributed by atoms with E-state index < -0.39 is 27.7 Å². The predicted molar refractivity (Wildman–Crippen MR) is 73.4 cm³/mol. The van der Waals surface area contributed by atoms with Crippen LogP contribution in [-0.2, 0) is 16.2 Å². The highest BCUT2D eigenvalue weighted by molar-refractivity contribution is 7.89. The summed E-state index contributed by atoms with van der Waals surface area (Å²) in [6.07, 6.45) is -3.74. The number of alkyl halides is 3. The Morgan fingerprint density at radius 3 is 2.52 bits per heavy atom. The number of hydrogen-bond donors (Lipinski definition) is 1. The van der Waals surface area contributed by atoms with Gasteiger partial charge in [0.25, 0.3) is 5.91 Å². The van der Waals surface area contributed by atoms with Crippen LogP contribution in [0.5, 0.6) is 0 Å². The van der Waals surface area contributed by atoms with E-state index in [1.54, 1.807) is 4.72 Å². The molecule has 0 atom stereocenters. The van der Waals surface area contributed by atoms with Crippen molar-refractivity contribution in [2.75, 3.05) is 6.26 Å². The molecule has 124 valence electrons. The van der Waals surface area contributed by atoms with Gasteiger partial charge in [0.15, 0.2) is 5.69 Å². The molecule has 7 nitrogen and oxygen atoms in total. The molecule has 0 aliphatic rings. The van der Waals surface area contributed by atoms with E-state index in [4.69, 9.17) is 0 Å².